The molecule has 34 heavy (non-hydrogen) atoms. The average Bonchev–Trinajstić information content (AvgIpc) is 3.10. The Bertz CT molecular complexity index is 1270. The van der Waals surface area contributed by atoms with Crippen LogP contribution in [0.4, 0.5) is 17.6 Å². The maximum atomic E-state index is 14.8. The predicted octanol–water partition coefficient (Wildman–Crippen LogP) is 5.22. The van der Waals surface area contributed by atoms with Gasteiger partial charge >= 0.3 is 12.1 Å². The lowest BCUT2D eigenvalue weighted by Crippen LogP contribution is -2.57. The molecule has 2 aliphatic carbocycles. The molecule has 0 saturated heterocycles. The number of hydrogen-bond acceptors (Lipinski definition) is 2. The summed E-state index contributed by atoms with van der Waals surface area (Å²) in [6.45, 7) is 0.175. The first-order valence-corrected chi connectivity index (χ1v) is 11.0. The molecule has 1 aromatic heterocycles. The van der Waals surface area contributed by atoms with Crippen molar-refractivity contribution in [3.05, 3.63) is 71.2 Å². The summed E-state index contributed by atoms with van der Waals surface area (Å²) in [7, 11) is 0. The second kappa shape index (κ2) is 7.85. The van der Waals surface area contributed by atoms with Gasteiger partial charge in [-0.2, -0.15) is 13.2 Å². The molecule has 1 amide bonds. The fourth-order valence-corrected chi connectivity index (χ4v) is 5.45. The van der Waals surface area contributed by atoms with E-state index in [1.54, 1.807) is 22.9 Å². The third-order valence-electron chi connectivity index (χ3n) is 7.14. The van der Waals surface area contributed by atoms with Crippen molar-refractivity contribution in [2.24, 2.45) is 11.3 Å². The van der Waals surface area contributed by atoms with Gasteiger partial charge in [0, 0.05) is 24.2 Å². The van der Waals surface area contributed by atoms with Crippen LogP contribution in [0.3, 0.4) is 0 Å². The van der Waals surface area contributed by atoms with Crippen molar-refractivity contribution in [2.45, 2.75) is 44.4 Å². The van der Waals surface area contributed by atoms with Gasteiger partial charge in [-0.25, -0.2) is 4.39 Å². The summed E-state index contributed by atoms with van der Waals surface area (Å²) in [4.78, 5) is 24.1. The highest BCUT2D eigenvalue weighted by molar-refractivity contribution is 6.06. The number of carbonyl (C=O) groups excluding carboxylic acids is 1. The Labute approximate surface area is 192 Å². The number of amides is 1. The molecule has 2 saturated carbocycles. The summed E-state index contributed by atoms with van der Waals surface area (Å²) in [6, 6.07) is 9.10. The highest BCUT2D eigenvalue weighted by atomic mass is 19.4. The lowest BCUT2D eigenvalue weighted by molar-refractivity contribution is -0.155. The van der Waals surface area contributed by atoms with Gasteiger partial charge in [0.15, 0.2) is 0 Å². The van der Waals surface area contributed by atoms with Crippen LogP contribution >= 0.6 is 0 Å². The highest BCUT2D eigenvalue weighted by Gasteiger charge is 2.55. The second-order valence-corrected chi connectivity index (χ2v) is 9.52. The second-order valence-electron chi connectivity index (χ2n) is 9.52. The summed E-state index contributed by atoms with van der Waals surface area (Å²) in [6.07, 6.45) is -0.193. The molecule has 9 heteroatoms. The van der Waals surface area contributed by atoms with Gasteiger partial charge in [-0.05, 0) is 67.0 Å². The molecule has 2 aromatic carbocycles. The van der Waals surface area contributed by atoms with Gasteiger partial charge in [0.25, 0.3) is 5.91 Å². The molecule has 0 unspecified atom stereocenters. The van der Waals surface area contributed by atoms with Crippen LogP contribution < -0.4 is 5.32 Å². The summed E-state index contributed by atoms with van der Waals surface area (Å²) in [5, 5.41) is 12.6. The first kappa shape index (κ1) is 22.4. The van der Waals surface area contributed by atoms with E-state index in [2.05, 4.69) is 5.32 Å². The molecule has 3 aromatic rings. The molecule has 1 spiro atoms. The van der Waals surface area contributed by atoms with E-state index < -0.39 is 29.4 Å². The van der Waals surface area contributed by atoms with Crippen LogP contribution in [-0.4, -0.2) is 27.6 Å². The van der Waals surface area contributed by atoms with Crippen LogP contribution in [-0.2, 0) is 17.5 Å². The van der Waals surface area contributed by atoms with Crippen molar-refractivity contribution in [3.63, 3.8) is 0 Å². The SMILES string of the molecule is O=C(NC1CC2(C1)CC(C(=O)O)C2)c1c(F)ccc2ccn(Cc3ccc(C(F)(F)F)cc3)c12. The molecule has 0 radical (unpaired) electrons. The molecular weight excluding hydrogens is 452 g/mol. The lowest BCUT2D eigenvalue weighted by Gasteiger charge is -2.56. The van der Waals surface area contributed by atoms with E-state index in [1.807, 2.05) is 0 Å². The Hall–Kier alpha value is -3.36. The number of fused-ring (bicyclic) bond motifs is 1. The molecule has 0 aliphatic heterocycles. The fourth-order valence-electron chi connectivity index (χ4n) is 5.45. The molecule has 178 valence electrons. The van der Waals surface area contributed by atoms with Gasteiger partial charge < -0.3 is 15.0 Å². The Morgan fingerprint density at radius 1 is 1.03 bits per heavy atom. The number of hydrogen-bond donors (Lipinski definition) is 2. The van der Waals surface area contributed by atoms with Crippen molar-refractivity contribution < 1.29 is 32.3 Å². The minimum atomic E-state index is -4.43. The van der Waals surface area contributed by atoms with E-state index in [0.717, 1.165) is 12.1 Å². The fraction of sp³-hybridized carbons (Fsp3) is 0.360. The van der Waals surface area contributed by atoms with Gasteiger partial charge in [-0.1, -0.05) is 12.1 Å². The van der Waals surface area contributed by atoms with Crippen molar-refractivity contribution in [3.8, 4) is 0 Å². The van der Waals surface area contributed by atoms with E-state index in [4.69, 9.17) is 5.11 Å². The van der Waals surface area contributed by atoms with Crippen LogP contribution in [0.25, 0.3) is 10.9 Å². The van der Waals surface area contributed by atoms with Gasteiger partial charge in [0.1, 0.15) is 5.82 Å². The molecule has 5 nitrogen and oxygen atoms in total. The summed E-state index contributed by atoms with van der Waals surface area (Å²) in [5.74, 6) is -2.34. The maximum Gasteiger partial charge on any atom is 0.416 e. The van der Waals surface area contributed by atoms with Crippen LogP contribution in [0.2, 0.25) is 0 Å². The minimum Gasteiger partial charge on any atom is -0.481 e. The smallest absolute Gasteiger partial charge is 0.416 e. The van der Waals surface area contributed by atoms with E-state index in [9.17, 15) is 27.2 Å². The Morgan fingerprint density at radius 3 is 2.32 bits per heavy atom. The van der Waals surface area contributed by atoms with Crippen molar-refractivity contribution in [2.75, 3.05) is 0 Å². The number of carboxylic acids is 1. The van der Waals surface area contributed by atoms with Crippen LogP contribution in [0.5, 0.6) is 0 Å². The van der Waals surface area contributed by atoms with Crippen LogP contribution in [0, 0.1) is 17.2 Å². The molecule has 5 rings (SSSR count). The standard InChI is InChI=1S/C25H22F4N2O3/c26-19-6-3-15-7-8-31(13-14-1-4-17(5-2-14)25(27,28)29)21(15)20(19)22(32)30-18-11-24(12-18)9-16(10-24)23(33)34/h1-8,16,18H,9-13H2,(H,30,32)(H,33,34). The number of nitrogens with one attached hydrogen (secondary N) is 1. The highest BCUT2D eigenvalue weighted by Crippen LogP contribution is 2.58. The summed E-state index contributed by atoms with van der Waals surface area (Å²) >= 11 is 0. The number of nitrogens with zero attached hydrogens (tertiary/aromatic N) is 1. The van der Waals surface area contributed by atoms with Crippen LogP contribution in [0.1, 0.15) is 47.2 Å². The third-order valence-corrected chi connectivity index (χ3v) is 7.14. The summed E-state index contributed by atoms with van der Waals surface area (Å²) in [5.41, 5.74) is 0.0708. The number of halogens is 4. The normalized spacial score (nSPS) is 24.0. The van der Waals surface area contributed by atoms with Crippen molar-refractivity contribution in [1.29, 1.82) is 0 Å². The minimum absolute atomic E-state index is 0.0334. The number of carbonyl (C=O) groups is 2. The largest absolute Gasteiger partial charge is 0.481 e. The van der Waals surface area contributed by atoms with Crippen molar-refractivity contribution in [1.82, 2.24) is 9.88 Å². The van der Waals surface area contributed by atoms with E-state index in [-0.39, 0.29) is 29.5 Å². The quantitative estimate of drug-likeness (QED) is 0.498. The van der Waals surface area contributed by atoms with E-state index in [1.165, 1.54) is 18.2 Å². The predicted molar refractivity (Wildman–Crippen MR) is 116 cm³/mol. The monoisotopic (exact) mass is 474 g/mol. The number of aliphatic carboxylic acids is 1. The zero-order chi connectivity index (χ0) is 24.3. The number of aromatic nitrogens is 1. The zero-order valence-electron chi connectivity index (χ0n) is 18.0. The van der Waals surface area contributed by atoms with Crippen molar-refractivity contribution >= 4 is 22.8 Å². The van der Waals surface area contributed by atoms with Gasteiger partial charge in [-0.3, -0.25) is 9.59 Å². The molecule has 1 heterocycles. The first-order valence-electron chi connectivity index (χ1n) is 11.0. The van der Waals surface area contributed by atoms with E-state index >= 15 is 0 Å². The Kier molecular flexibility index (Phi) is 5.18. The number of rotatable bonds is 5. The molecule has 2 N–H and O–H groups in total. The van der Waals surface area contributed by atoms with Gasteiger partial charge in [-0.15, -0.1) is 0 Å². The topological polar surface area (TPSA) is 71.3 Å². The summed E-state index contributed by atoms with van der Waals surface area (Å²) < 4.78 is 55.0. The van der Waals surface area contributed by atoms with Crippen LogP contribution in [0.15, 0.2) is 48.7 Å². The average molecular weight is 474 g/mol. The Morgan fingerprint density at radius 2 is 1.71 bits per heavy atom. The van der Waals surface area contributed by atoms with E-state index in [0.29, 0.717) is 42.1 Å². The number of benzene rings is 2. The zero-order valence-corrected chi connectivity index (χ0v) is 18.0. The molecule has 2 fully saturated rings. The molecule has 0 bridgehead atoms. The molecule has 0 atom stereocenters. The first-order chi connectivity index (χ1) is 16.0. The molecule has 2 aliphatic rings. The maximum absolute atomic E-state index is 14.8. The van der Waals surface area contributed by atoms with Gasteiger partial charge in [0.05, 0.1) is 22.6 Å². The van der Waals surface area contributed by atoms with Gasteiger partial charge in [0.2, 0.25) is 0 Å². The Balaban J connectivity index is 1.34. The lowest BCUT2D eigenvalue weighted by atomic mass is 9.50. The number of carboxylic acid groups (broad SMARTS) is 1. The molecular formula is C25H22F4N2O3. The number of alkyl halides is 3. The third kappa shape index (κ3) is 3.93.